The largest absolute Gasteiger partial charge is 0.494 e. The van der Waals surface area contributed by atoms with E-state index in [1.807, 2.05) is 48.5 Å². The third kappa shape index (κ3) is 13.5. The molecule has 0 radical (unpaired) electrons. The first-order valence-corrected chi connectivity index (χ1v) is 54.7. The van der Waals surface area contributed by atoms with Crippen LogP contribution in [0.2, 0.25) is 0 Å². The maximum Gasteiger partial charge on any atom is 0.494 e. The lowest BCUT2D eigenvalue weighted by atomic mass is 9.71. The predicted octanol–water partition coefficient (Wildman–Crippen LogP) is 28.6. The van der Waals surface area contributed by atoms with Gasteiger partial charge in [0.05, 0.1) is 33.3 Å². The van der Waals surface area contributed by atoms with Crippen LogP contribution >= 0.6 is 105 Å². The zero-order chi connectivity index (χ0) is 73.0. The quantitative estimate of drug-likeness (QED) is 0.111. The standard InChI is InChI=1S/C39H27NO2.C27H27BO4.C18H12BrN.H13P11/c1-39(2)31-19-18-29-28-13-7-9-15-35(28)41-37(29)38(31)42-36-21-17-25(23-32(36)39)24-16-20-34-30(22-24)27-12-6-8-14-33(27)40(34)26-10-4-3-5-11-26;1-25(2)19-13-12-18-17-9-7-8-10-21(17)29-23(18)24(19)30-22-14-11-16(15-20(22)25)28-31-26(3,4)27(5,6)32-28;19-13-10-11-18-16(12-13)15-8-4-5-9-17(15)20(18)14-6-2-1-3-7-14;1-7-10(6)11(8(2)3)9(4)5/h3-23H,1-2H3;7-15H,1-6H3;1-12H;7H,1-6H2. The Morgan fingerprint density at radius 2 is 0.790 bits per heavy atom. The lowest BCUT2D eigenvalue weighted by Crippen LogP contribution is -2.41. The van der Waals surface area contributed by atoms with Gasteiger partial charge in [-0.3, -0.25) is 0 Å². The summed E-state index contributed by atoms with van der Waals surface area (Å²) in [6.07, 6.45) is 0. The molecule has 0 spiro atoms. The summed E-state index contributed by atoms with van der Waals surface area (Å²) in [6, 6.07) is 89.5. The van der Waals surface area contributed by atoms with Gasteiger partial charge in [0.1, 0.15) is 22.7 Å². The second-order valence-electron chi connectivity index (χ2n) is 28.6. The SMILES string of the molecule is Brc1ccc2c(c1)c1ccccc1n2-c1ccccc1.CC1(C)c2cc(-c3ccc4c(c3)c3ccccc3n4-c3ccccc3)ccc2Oc2c1ccc1c2oc2ccccc21.CC1(C)c2cc(B3OC(C)(C)C(C)(C)O3)ccc2Oc2c1ccc1c2oc2ccccc21.PPP(P)P(P(P)P)P(P)P. The fraction of sp³-hybridized carbons (Fsp3) is 0.143. The number of aromatic nitrogens is 2. The number of para-hydroxylation sites is 6. The number of halogens is 1. The maximum atomic E-state index is 6.63. The highest BCUT2D eigenvalue weighted by Gasteiger charge is 2.52. The van der Waals surface area contributed by atoms with Crippen molar-refractivity contribution >= 4 is 205 Å². The Morgan fingerprint density at radius 1 is 0.381 bits per heavy atom. The smallest absolute Gasteiger partial charge is 0.453 e. The number of ether oxygens (including phenoxy) is 2. The average Bonchev–Trinajstić information content (AvgIpc) is 1.72. The minimum absolute atomic E-state index is 0.138. The summed E-state index contributed by atoms with van der Waals surface area (Å²) in [5.41, 5.74) is 17.3. The summed E-state index contributed by atoms with van der Waals surface area (Å²) >= 11 is 3.57. The van der Waals surface area contributed by atoms with Gasteiger partial charge in [-0.15, -0.1) is 53.6 Å². The molecule has 19 rings (SSSR count). The van der Waals surface area contributed by atoms with Crippen LogP contribution in [0.5, 0.6) is 23.0 Å². The number of rotatable bonds is 8. The summed E-state index contributed by atoms with van der Waals surface area (Å²) in [6.45, 7) is 18.1. The van der Waals surface area contributed by atoms with E-state index >= 15 is 0 Å². The molecule has 3 aliphatic rings. The van der Waals surface area contributed by atoms with Crippen LogP contribution in [-0.4, -0.2) is 27.5 Å². The van der Waals surface area contributed by atoms with Gasteiger partial charge in [-0.2, -0.15) is 0 Å². The van der Waals surface area contributed by atoms with E-state index in [4.69, 9.17) is 27.6 Å². The molecule has 0 saturated carbocycles. The Balaban J connectivity index is 0.000000118. The zero-order valence-corrected chi connectivity index (χ0v) is 72.4. The second-order valence-corrected chi connectivity index (χ2v) is 68.6. The molecule has 12 aromatic carbocycles. The van der Waals surface area contributed by atoms with Gasteiger partial charge >= 0.3 is 7.12 Å². The number of furan rings is 2. The van der Waals surface area contributed by atoms with Crippen molar-refractivity contribution in [2.45, 2.75) is 77.4 Å². The third-order valence-electron chi connectivity index (χ3n) is 21.0. The third-order valence-corrected chi connectivity index (χ3v) is 80.6. The first kappa shape index (κ1) is 73.8. The Hall–Kier alpha value is -5.37. The van der Waals surface area contributed by atoms with Crippen LogP contribution in [0.4, 0.5) is 0 Å². The van der Waals surface area contributed by atoms with Crippen LogP contribution in [0, 0.1) is 0 Å². The molecule has 7 heterocycles. The molecule has 8 atom stereocenters. The molecular weight excluding hydrogens is 1560 g/mol. The molecule has 8 unspecified atom stereocenters. The van der Waals surface area contributed by atoms with Gasteiger partial charge in [0.25, 0.3) is 0 Å². The molecule has 0 amide bonds. The molecule has 0 aliphatic carbocycles. The average molecular weight is 1640 g/mol. The normalized spacial score (nSPS) is 15.5. The van der Waals surface area contributed by atoms with Crippen molar-refractivity contribution in [2.75, 3.05) is 0 Å². The number of hydrogen-bond acceptors (Lipinski definition) is 6. The van der Waals surface area contributed by atoms with E-state index < -0.39 is 7.12 Å². The van der Waals surface area contributed by atoms with E-state index in [0.29, 0.717) is 0 Å². The summed E-state index contributed by atoms with van der Waals surface area (Å²) in [4.78, 5) is 0. The fourth-order valence-corrected chi connectivity index (χ4v) is 111. The first-order chi connectivity index (χ1) is 50.5. The topological polar surface area (TPSA) is 73.1 Å². The molecule has 526 valence electrons. The summed E-state index contributed by atoms with van der Waals surface area (Å²) < 4.78 is 44.1. The molecule has 8 nitrogen and oxygen atoms in total. The van der Waals surface area contributed by atoms with Crippen LogP contribution in [0.3, 0.4) is 0 Å². The van der Waals surface area contributed by atoms with E-state index in [0.717, 1.165) is 101 Å². The van der Waals surface area contributed by atoms with Gasteiger partial charge in [-0.25, -0.2) is 0 Å². The van der Waals surface area contributed by atoms with Gasteiger partial charge in [0, 0.05) is 92.0 Å². The summed E-state index contributed by atoms with van der Waals surface area (Å²) in [5.74, 6) is 3.35. The molecule has 0 N–H and O–H groups in total. The Bertz CT molecular complexity index is 6020. The molecule has 1 saturated heterocycles. The van der Waals surface area contributed by atoms with Crippen LogP contribution in [0.1, 0.15) is 77.6 Å². The van der Waals surface area contributed by atoms with Gasteiger partial charge in [-0.05, 0) is 181 Å². The Kier molecular flexibility index (Phi) is 20.7. The van der Waals surface area contributed by atoms with E-state index in [-0.39, 0.29) is 50.0 Å². The van der Waals surface area contributed by atoms with Crippen molar-refractivity contribution in [3.05, 3.63) is 282 Å². The van der Waals surface area contributed by atoms with Crippen molar-refractivity contribution in [1.82, 2.24) is 9.13 Å². The van der Waals surface area contributed by atoms with Gasteiger partial charge in [0.2, 0.25) is 0 Å². The van der Waals surface area contributed by atoms with E-state index in [1.54, 1.807) is 0 Å². The lowest BCUT2D eigenvalue weighted by molar-refractivity contribution is 0.00578. The lowest BCUT2D eigenvalue weighted by Gasteiger charge is -2.34. The van der Waals surface area contributed by atoms with Crippen molar-refractivity contribution in [1.29, 1.82) is 0 Å². The highest BCUT2D eigenvalue weighted by Crippen LogP contribution is 3.12. The van der Waals surface area contributed by atoms with Crippen LogP contribution in [0.25, 0.3) is 110 Å². The van der Waals surface area contributed by atoms with Crippen molar-refractivity contribution < 1.29 is 27.6 Å². The van der Waals surface area contributed by atoms with E-state index in [9.17, 15) is 0 Å². The van der Waals surface area contributed by atoms with Crippen LogP contribution in [-0.2, 0) is 20.1 Å². The Labute approximate surface area is 641 Å². The predicted molar refractivity (Wildman–Crippen MR) is 483 cm³/mol. The number of nitrogens with zero attached hydrogens (tertiary/aromatic N) is 2. The molecule has 0 bridgehead atoms. The van der Waals surface area contributed by atoms with Gasteiger partial charge in [0.15, 0.2) is 22.7 Å². The number of benzene rings is 12. The maximum absolute atomic E-state index is 6.63. The molecule has 105 heavy (non-hydrogen) atoms. The molecule has 21 heteroatoms. The molecule has 3 aliphatic heterocycles. The van der Waals surface area contributed by atoms with Gasteiger partial charge < -0.3 is 36.8 Å². The number of hydrogen-bond donors (Lipinski definition) is 0. The second kappa shape index (κ2) is 29.5. The van der Waals surface area contributed by atoms with E-state index in [2.05, 4.69) is 340 Å². The minimum Gasteiger partial charge on any atom is -0.453 e. The highest BCUT2D eigenvalue weighted by molar-refractivity contribution is 9.18. The molecule has 1 fully saturated rings. The monoisotopic (exact) mass is 1640 g/mol. The minimum atomic E-state index is -0.402. The molecule has 4 aromatic heterocycles. The van der Waals surface area contributed by atoms with Crippen LogP contribution in [0.15, 0.2) is 268 Å². The van der Waals surface area contributed by atoms with Gasteiger partial charge in [-0.1, -0.05) is 197 Å². The Morgan fingerprint density at radius 3 is 1.28 bits per heavy atom. The van der Waals surface area contributed by atoms with Crippen molar-refractivity contribution in [2.24, 2.45) is 0 Å². The molecular formula is C84H79BBrN2O6P11. The summed E-state index contributed by atoms with van der Waals surface area (Å²) in [5, 5.41) is 9.44. The van der Waals surface area contributed by atoms with Crippen molar-refractivity contribution in [3.8, 4) is 45.5 Å². The fourth-order valence-electron chi connectivity index (χ4n) is 15.0. The van der Waals surface area contributed by atoms with Crippen molar-refractivity contribution in [3.63, 3.8) is 0 Å². The zero-order valence-electron chi connectivity index (χ0n) is 59.3. The van der Waals surface area contributed by atoms with E-state index in [1.165, 1.54) is 71.7 Å². The highest BCUT2D eigenvalue weighted by atomic mass is 79.9. The number of fused-ring (bicyclic) bond motifs is 18. The summed E-state index contributed by atoms with van der Waals surface area (Å²) in [7, 11) is 18.5. The van der Waals surface area contributed by atoms with Crippen LogP contribution < -0.4 is 14.9 Å². The first-order valence-electron chi connectivity index (χ1n) is 34.6. The molecule has 16 aromatic rings.